The first kappa shape index (κ1) is 14.0. The molecule has 0 spiro atoms. The maximum Gasteiger partial charge on any atom is 0.228 e. The second-order valence-corrected chi connectivity index (χ2v) is 5.96. The summed E-state index contributed by atoms with van der Waals surface area (Å²) in [6, 6.07) is 9.94. The first-order valence-corrected chi connectivity index (χ1v) is 7.25. The molecule has 0 N–H and O–H groups in total. The lowest BCUT2D eigenvalue weighted by Gasteiger charge is -2.00. The van der Waals surface area contributed by atoms with E-state index < -0.39 is 5.82 Å². The quantitative estimate of drug-likeness (QED) is 0.598. The average molecular weight is 347 g/mol. The van der Waals surface area contributed by atoms with E-state index in [1.165, 1.54) is 6.07 Å². The van der Waals surface area contributed by atoms with Crippen LogP contribution in [-0.2, 0) is 0 Å². The van der Waals surface area contributed by atoms with Crippen LogP contribution in [0, 0.1) is 19.7 Å². The van der Waals surface area contributed by atoms with E-state index >= 15 is 0 Å². The molecule has 0 amide bonds. The van der Waals surface area contributed by atoms with E-state index in [-0.39, 0.29) is 17.1 Å². The molecule has 2 aromatic carbocycles. The highest BCUT2D eigenvalue weighted by atomic mass is 79.9. The van der Waals surface area contributed by atoms with E-state index in [4.69, 9.17) is 4.42 Å². The maximum absolute atomic E-state index is 13.6. The Hall–Kier alpha value is -1.94. The fourth-order valence-electron chi connectivity index (χ4n) is 2.27. The summed E-state index contributed by atoms with van der Waals surface area (Å²) < 4.78 is 20.2. The molecule has 106 valence electrons. The molecule has 4 heteroatoms. The van der Waals surface area contributed by atoms with E-state index in [1.54, 1.807) is 25.1 Å². The Morgan fingerprint density at radius 3 is 2.57 bits per heavy atom. The molecule has 0 aliphatic heterocycles. The van der Waals surface area contributed by atoms with Crippen LogP contribution in [-0.4, -0.2) is 5.78 Å². The molecule has 0 fully saturated rings. The lowest BCUT2D eigenvalue weighted by molar-refractivity contribution is 0.101. The number of aryl methyl sites for hydroxylation is 2. The molecule has 0 aliphatic carbocycles. The number of halogens is 2. The van der Waals surface area contributed by atoms with E-state index in [2.05, 4.69) is 15.9 Å². The van der Waals surface area contributed by atoms with Crippen molar-refractivity contribution in [1.29, 1.82) is 0 Å². The number of rotatable bonds is 2. The topological polar surface area (TPSA) is 30.2 Å². The van der Waals surface area contributed by atoms with Gasteiger partial charge in [0.05, 0.1) is 0 Å². The molecule has 0 aliphatic rings. The van der Waals surface area contributed by atoms with Crippen LogP contribution < -0.4 is 0 Å². The average Bonchev–Trinajstić information content (AvgIpc) is 2.85. The van der Waals surface area contributed by atoms with Crippen molar-refractivity contribution in [3.05, 3.63) is 69.1 Å². The monoisotopic (exact) mass is 346 g/mol. The van der Waals surface area contributed by atoms with Gasteiger partial charge in [0.1, 0.15) is 11.4 Å². The second-order valence-electron chi connectivity index (χ2n) is 5.04. The molecule has 0 bridgehead atoms. The smallest absolute Gasteiger partial charge is 0.228 e. The zero-order chi connectivity index (χ0) is 15.1. The summed E-state index contributed by atoms with van der Waals surface area (Å²) in [5.74, 6) is -0.494. The van der Waals surface area contributed by atoms with Crippen LogP contribution in [0.1, 0.15) is 27.2 Å². The van der Waals surface area contributed by atoms with Crippen LogP contribution in [0.5, 0.6) is 0 Å². The van der Waals surface area contributed by atoms with Crippen molar-refractivity contribution in [2.45, 2.75) is 13.8 Å². The molecule has 1 aromatic heterocycles. The van der Waals surface area contributed by atoms with Crippen LogP contribution >= 0.6 is 15.9 Å². The number of hydrogen-bond acceptors (Lipinski definition) is 2. The van der Waals surface area contributed by atoms with Crippen molar-refractivity contribution >= 4 is 32.7 Å². The fraction of sp³-hybridized carbons (Fsp3) is 0.118. The summed E-state index contributed by atoms with van der Waals surface area (Å²) in [6.45, 7) is 3.57. The summed E-state index contributed by atoms with van der Waals surface area (Å²) in [6.07, 6.45) is 0. The Bertz CT molecular complexity index is 865. The third-order valence-electron chi connectivity index (χ3n) is 3.42. The van der Waals surface area contributed by atoms with Gasteiger partial charge in [0.25, 0.3) is 0 Å². The summed E-state index contributed by atoms with van der Waals surface area (Å²) in [4.78, 5) is 12.4. The second kappa shape index (κ2) is 5.11. The predicted octanol–water partition coefficient (Wildman–Crippen LogP) is 5.18. The van der Waals surface area contributed by atoms with Crippen LogP contribution in [0.2, 0.25) is 0 Å². The third-order valence-corrected chi connectivity index (χ3v) is 3.88. The first-order chi connectivity index (χ1) is 9.95. The van der Waals surface area contributed by atoms with Gasteiger partial charge in [-0.25, -0.2) is 4.39 Å². The molecular formula is C17H12BrFO2. The number of ketones is 1. The van der Waals surface area contributed by atoms with E-state index in [9.17, 15) is 9.18 Å². The molecule has 1 heterocycles. The van der Waals surface area contributed by atoms with Crippen molar-refractivity contribution in [1.82, 2.24) is 0 Å². The molecule has 0 unspecified atom stereocenters. The molecule has 0 radical (unpaired) electrons. The number of furan rings is 1. The molecule has 0 saturated heterocycles. The van der Waals surface area contributed by atoms with Crippen LogP contribution in [0.25, 0.3) is 11.0 Å². The van der Waals surface area contributed by atoms with Gasteiger partial charge in [0.15, 0.2) is 5.76 Å². The highest BCUT2D eigenvalue weighted by Gasteiger charge is 2.17. The highest BCUT2D eigenvalue weighted by molar-refractivity contribution is 9.10. The molecule has 3 aromatic rings. The number of hydrogen-bond donors (Lipinski definition) is 0. The van der Waals surface area contributed by atoms with Crippen LogP contribution in [0.3, 0.4) is 0 Å². The number of carbonyl (C=O) groups excluding carboxylic acids is 1. The SMILES string of the molecule is Cc1ccc(C(=O)c2cc3cc(Br)cc(C)c3o2)cc1F. The molecule has 3 rings (SSSR count). The van der Waals surface area contributed by atoms with Crippen molar-refractivity contribution in [2.75, 3.05) is 0 Å². The Kier molecular flexibility index (Phi) is 3.41. The third kappa shape index (κ3) is 2.51. The Labute approximate surface area is 129 Å². The minimum Gasteiger partial charge on any atom is -0.452 e. The van der Waals surface area contributed by atoms with Gasteiger partial charge in [-0.1, -0.05) is 28.1 Å². The lowest BCUT2D eigenvalue weighted by atomic mass is 10.1. The summed E-state index contributed by atoms with van der Waals surface area (Å²) in [5.41, 5.74) is 2.41. The van der Waals surface area contributed by atoms with Crippen molar-refractivity contribution in [2.24, 2.45) is 0 Å². The lowest BCUT2D eigenvalue weighted by Crippen LogP contribution is -2.00. The maximum atomic E-state index is 13.6. The van der Waals surface area contributed by atoms with Gasteiger partial charge in [-0.3, -0.25) is 4.79 Å². The van der Waals surface area contributed by atoms with Crippen molar-refractivity contribution in [3.8, 4) is 0 Å². The molecule has 21 heavy (non-hydrogen) atoms. The van der Waals surface area contributed by atoms with Crippen LogP contribution in [0.4, 0.5) is 4.39 Å². The Balaban J connectivity index is 2.09. The number of carbonyl (C=O) groups is 1. The zero-order valence-electron chi connectivity index (χ0n) is 11.5. The van der Waals surface area contributed by atoms with Crippen LogP contribution in [0.15, 0.2) is 45.3 Å². The van der Waals surface area contributed by atoms with Crippen molar-refractivity contribution < 1.29 is 13.6 Å². The van der Waals surface area contributed by atoms with Gasteiger partial charge < -0.3 is 4.42 Å². The van der Waals surface area contributed by atoms with Gasteiger partial charge in [-0.05, 0) is 49.2 Å². The summed E-state index contributed by atoms with van der Waals surface area (Å²) in [5, 5.41) is 0.845. The zero-order valence-corrected chi connectivity index (χ0v) is 13.1. The first-order valence-electron chi connectivity index (χ1n) is 6.46. The van der Waals surface area contributed by atoms with Crippen molar-refractivity contribution in [3.63, 3.8) is 0 Å². The van der Waals surface area contributed by atoms with Gasteiger partial charge in [-0.2, -0.15) is 0 Å². The fourth-order valence-corrected chi connectivity index (χ4v) is 2.86. The predicted molar refractivity (Wildman–Crippen MR) is 83.2 cm³/mol. The Morgan fingerprint density at radius 1 is 1.10 bits per heavy atom. The molecule has 0 saturated carbocycles. The summed E-state index contributed by atoms with van der Waals surface area (Å²) in [7, 11) is 0. The van der Waals surface area contributed by atoms with E-state index in [0.717, 1.165) is 15.4 Å². The minimum atomic E-state index is -0.393. The van der Waals surface area contributed by atoms with Gasteiger partial charge in [-0.15, -0.1) is 0 Å². The van der Waals surface area contributed by atoms with Gasteiger partial charge in [0, 0.05) is 15.4 Å². The molecule has 2 nitrogen and oxygen atoms in total. The largest absolute Gasteiger partial charge is 0.452 e. The van der Waals surface area contributed by atoms with E-state index in [1.807, 2.05) is 19.1 Å². The normalized spacial score (nSPS) is 11.0. The Morgan fingerprint density at radius 2 is 1.86 bits per heavy atom. The summed E-state index contributed by atoms with van der Waals surface area (Å²) >= 11 is 3.42. The van der Waals surface area contributed by atoms with Gasteiger partial charge >= 0.3 is 0 Å². The van der Waals surface area contributed by atoms with E-state index in [0.29, 0.717) is 11.1 Å². The van der Waals surface area contributed by atoms with Gasteiger partial charge in [0.2, 0.25) is 5.78 Å². The minimum absolute atomic E-state index is 0.217. The highest BCUT2D eigenvalue weighted by Crippen LogP contribution is 2.28. The number of fused-ring (bicyclic) bond motifs is 1. The molecule has 0 atom stereocenters. The number of benzene rings is 2. The molecular weight excluding hydrogens is 335 g/mol. The standard InChI is InChI=1S/C17H12BrFO2/c1-9-3-4-11(7-14(9)19)16(20)15-8-12-6-13(18)5-10(2)17(12)21-15/h3-8H,1-2H3.